The van der Waals surface area contributed by atoms with Gasteiger partial charge < -0.3 is 5.11 Å². The Morgan fingerprint density at radius 3 is 1.90 bits per heavy atom. The largest absolute Gasteiger partial charge is 0.508 e. The molecule has 1 N–H and O–H groups in total. The highest BCUT2D eigenvalue weighted by molar-refractivity contribution is 5.13. The SMILES string of the molecule is CCC.Oc1ccncc1. The molecule has 0 fully saturated rings. The Kier molecular flexibility index (Phi) is 5.44. The predicted octanol–water partition coefficient (Wildman–Crippen LogP) is 2.20. The van der Waals surface area contributed by atoms with E-state index in [0.717, 1.165) is 0 Å². The fraction of sp³-hybridized carbons (Fsp3) is 0.375. The first-order chi connectivity index (χ1) is 4.81. The van der Waals surface area contributed by atoms with Crippen LogP contribution in [-0.2, 0) is 0 Å². The Morgan fingerprint density at radius 1 is 1.30 bits per heavy atom. The predicted molar refractivity (Wildman–Crippen MR) is 41.9 cm³/mol. The molecule has 0 aliphatic carbocycles. The summed E-state index contributed by atoms with van der Waals surface area (Å²) in [6.45, 7) is 4.25. The van der Waals surface area contributed by atoms with E-state index in [9.17, 15) is 0 Å². The minimum atomic E-state index is 0.259. The first-order valence-corrected chi connectivity index (χ1v) is 3.40. The zero-order chi connectivity index (χ0) is 7.82. The molecule has 0 aliphatic rings. The van der Waals surface area contributed by atoms with Gasteiger partial charge in [-0.3, -0.25) is 4.98 Å². The Bertz CT molecular complexity index is 151. The van der Waals surface area contributed by atoms with E-state index in [1.165, 1.54) is 30.9 Å². The summed E-state index contributed by atoms with van der Waals surface area (Å²) in [6.07, 6.45) is 4.32. The summed E-state index contributed by atoms with van der Waals surface area (Å²) < 4.78 is 0. The number of nitrogens with zero attached hydrogens (tertiary/aromatic N) is 1. The molecule has 0 unspecified atom stereocenters. The van der Waals surface area contributed by atoms with Gasteiger partial charge in [-0.1, -0.05) is 20.3 Å². The molecule has 0 spiro atoms. The van der Waals surface area contributed by atoms with E-state index in [2.05, 4.69) is 18.8 Å². The second-order valence-electron chi connectivity index (χ2n) is 1.91. The highest BCUT2D eigenvalue weighted by Gasteiger charge is 1.75. The van der Waals surface area contributed by atoms with Crippen molar-refractivity contribution in [3.63, 3.8) is 0 Å². The maximum absolute atomic E-state index is 8.59. The zero-order valence-corrected chi connectivity index (χ0v) is 6.41. The average molecular weight is 139 g/mol. The molecular weight excluding hydrogens is 126 g/mol. The van der Waals surface area contributed by atoms with Crippen molar-refractivity contribution in [2.45, 2.75) is 20.3 Å². The van der Waals surface area contributed by atoms with Crippen LogP contribution in [-0.4, -0.2) is 10.1 Å². The summed E-state index contributed by atoms with van der Waals surface area (Å²) in [6, 6.07) is 3.06. The van der Waals surface area contributed by atoms with E-state index in [4.69, 9.17) is 5.11 Å². The first-order valence-electron chi connectivity index (χ1n) is 3.40. The van der Waals surface area contributed by atoms with Crippen LogP contribution in [0.25, 0.3) is 0 Å². The van der Waals surface area contributed by atoms with Gasteiger partial charge >= 0.3 is 0 Å². The third-order valence-corrected chi connectivity index (χ3v) is 0.663. The Morgan fingerprint density at radius 2 is 1.70 bits per heavy atom. The number of hydrogen-bond donors (Lipinski definition) is 1. The van der Waals surface area contributed by atoms with Crippen molar-refractivity contribution in [3.05, 3.63) is 24.5 Å². The lowest BCUT2D eigenvalue weighted by Crippen LogP contribution is -1.63. The van der Waals surface area contributed by atoms with Crippen molar-refractivity contribution in [1.82, 2.24) is 4.98 Å². The molecule has 10 heavy (non-hydrogen) atoms. The molecule has 0 radical (unpaired) electrons. The molecule has 2 nitrogen and oxygen atoms in total. The van der Waals surface area contributed by atoms with Crippen LogP contribution >= 0.6 is 0 Å². The van der Waals surface area contributed by atoms with Crippen molar-refractivity contribution < 1.29 is 5.11 Å². The third kappa shape index (κ3) is 5.09. The van der Waals surface area contributed by atoms with Crippen LogP contribution in [0.2, 0.25) is 0 Å². The fourth-order valence-electron chi connectivity index (χ4n) is 0.344. The van der Waals surface area contributed by atoms with Crippen LogP contribution in [0.5, 0.6) is 5.75 Å². The highest BCUT2D eigenvalue weighted by Crippen LogP contribution is 2.00. The van der Waals surface area contributed by atoms with E-state index < -0.39 is 0 Å². The Hall–Kier alpha value is -1.05. The summed E-state index contributed by atoms with van der Waals surface area (Å²) in [5.41, 5.74) is 0. The Labute approximate surface area is 61.5 Å². The maximum Gasteiger partial charge on any atom is 0.118 e. The molecule has 0 aromatic carbocycles. The van der Waals surface area contributed by atoms with E-state index >= 15 is 0 Å². The van der Waals surface area contributed by atoms with Crippen LogP contribution in [0.15, 0.2) is 24.5 Å². The minimum absolute atomic E-state index is 0.259. The van der Waals surface area contributed by atoms with Crippen molar-refractivity contribution >= 4 is 0 Å². The van der Waals surface area contributed by atoms with Gasteiger partial charge in [-0.2, -0.15) is 0 Å². The van der Waals surface area contributed by atoms with Crippen LogP contribution in [0.1, 0.15) is 20.3 Å². The van der Waals surface area contributed by atoms with E-state index in [0.29, 0.717) is 0 Å². The molecule has 1 rings (SSSR count). The van der Waals surface area contributed by atoms with E-state index in [1.807, 2.05) is 0 Å². The number of hydrogen-bond acceptors (Lipinski definition) is 2. The van der Waals surface area contributed by atoms with Gasteiger partial charge in [-0.15, -0.1) is 0 Å². The number of rotatable bonds is 0. The highest BCUT2D eigenvalue weighted by atomic mass is 16.3. The standard InChI is InChI=1S/C5H5NO.C3H8/c7-5-1-3-6-4-2-5;1-3-2/h1-4H,(H,6,7);3H2,1-2H3. The van der Waals surface area contributed by atoms with Crippen molar-refractivity contribution in [3.8, 4) is 5.75 Å². The van der Waals surface area contributed by atoms with Crippen LogP contribution < -0.4 is 0 Å². The first kappa shape index (κ1) is 8.95. The van der Waals surface area contributed by atoms with Gasteiger partial charge in [0.25, 0.3) is 0 Å². The molecule has 0 saturated heterocycles. The summed E-state index contributed by atoms with van der Waals surface area (Å²) in [5, 5.41) is 8.59. The van der Waals surface area contributed by atoms with Gasteiger partial charge in [0.15, 0.2) is 0 Å². The molecule has 0 amide bonds. The quantitative estimate of drug-likeness (QED) is 0.597. The van der Waals surface area contributed by atoms with Gasteiger partial charge in [0.2, 0.25) is 0 Å². The van der Waals surface area contributed by atoms with Crippen LogP contribution in [0.3, 0.4) is 0 Å². The van der Waals surface area contributed by atoms with Crippen molar-refractivity contribution in [2.75, 3.05) is 0 Å². The molecule has 0 saturated carbocycles. The molecule has 1 aromatic heterocycles. The molecule has 0 atom stereocenters. The van der Waals surface area contributed by atoms with Crippen molar-refractivity contribution in [1.29, 1.82) is 0 Å². The van der Waals surface area contributed by atoms with Crippen LogP contribution in [0.4, 0.5) is 0 Å². The topological polar surface area (TPSA) is 33.1 Å². The number of aromatic nitrogens is 1. The second kappa shape index (κ2) is 6.08. The fourth-order valence-corrected chi connectivity index (χ4v) is 0.344. The average Bonchev–Trinajstić information content (AvgIpc) is 1.91. The maximum atomic E-state index is 8.59. The van der Waals surface area contributed by atoms with Gasteiger partial charge in [-0.05, 0) is 12.1 Å². The Balaban J connectivity index is 0.000000236. The lowest BCUT2D eigenvalue weighted by molar-refractivity contribution is 0.474. The minimum Gasteiger partial charge on any atom is -0.508 e. The smallest absolute Gasteiger partial charge is 0.118 e. The van der Waals surface area contributed by atoms with Gasteiger partial charge in [0.1, 0.15) is 5.75 Å². The van der Waals surface area contributed by atoms with E-state index in [-0.39, 0.29) is 5.75 Å². The van der Waals surface area contributed by atoms with Crippen LogP contribution in [0, 0.1) is 0 Å². The molecule has 1 aromatic rings. The van der Waals surface area contributed by atoms with Crippen molar-refractivity contribution in [2.24, 2.45) is 0 Å². The molecular formula is C8H13NO. The third-order valence-electron chi connectivity index (χ3n) is 0.663. The molecule has 56 valence electrons. The lowest BCUT2D eigenvalue weighted by Gasteiger charge is -1.82. The molecule has 0 aliphatic heterocycles. The summed E-state index contributed by atoms with van der Waals surface area (Å²) in [7, 11) is 0. The monoisotopic (exact) mass is 139 g/mol. The normalized spacial score (nSPS) is 7.80. The molecule has 2 heteroatoms. The molecule has 0 bridgehead atoms. The number of pyridine rings is 1. The lowest BCUT2D eigenvalue weighted by atomic mass is 10.5. The second-order valence-corrected chi connectivity index (χ2v) is 1.91. The van der Waals surface area contributed by atoms with E-state index in [1.54, 1.807) is 0 Å². The molecule has 1 heterocycles. The van der Waals surface area contributed by atoms with Gasteiger partial charge in [0.05, 0.1) is 0 Å². The summed E-state index contributed by atoms with van der Waals surface area (Å²) >= 11 is 0. The van der Waals surface area contributed by atoms with Gasteiger partial charge in [-0.25, -0.2) is 0 Å². The van der Waals surface area contributed by atoms with Gasteiger partial charge in [0, 0.05) is 12.4 Å². The zero-order valence-electron chi connectivity index (χ0n) is 6.41. The summed E-state index contributed by atoms with van der Waals surface area (Å²) in [4.78, 5) is 3.69. The number of aromatic hydroxyl groups is 1. The summed E-state index contributed by atoms with van der Waals surface area (Å²) in [5.74, 6) is 0.259.